The van der Waals surface area contributed by atoms with E-state index in [1.165, 1.54) is 0 Å². The highest BCUT2D eigenvalue weighted by Crippen LogP contribution is 2.26. The Morgan fingerprint density at radius 3 is 2.57 bits per heavy atom. The largest absolute Gasteiger partial charge is 0.493 e. The van der Waals surface area contributed by atoms with Gasteiger partial charge in [-0.1, -0.05) is 30.3 Å². The van der Waals surface area contributed by atoms with Gasteiger partial charge in [0.05, 0.1) is 17.6 Å². The molecule has 1 unspecified atom stereocenters. The molecule has 5 aromatic rings. The van der Waals surface area contributed by atoms with E-state index in [1.54, 1.807) is 18.5 Å². The lowest BCUT2D eigenvalue weighted by Gasteiger charge is -2.32. The third-order valence-corrected chi connectivity index (χ3v) is 8.47. The molecule has 0 spiro atoms. The lowest BCUT2D eigenvalue weighted by Crippen LogP contribution is -2.38. The fourth-order valence-electron chi connectivity index (χ4n) is 5.62. The molecule has 228 valence electrons. The first-order valence-corrected chi connectivity index (χ1v) is 16.1. The smallest absolute Gasteiger partial charge is 0.259 e. The molecule has 1 atom stereocenters. The molecule has 11 heteroatoms. The van der Waals surface area contributed by atoms with Gasteiger partial charge >= 0.3 is 0 Å². The van der Waals surface area contributed by atoms with Crippen LogP contribution in [0.2, 0.25) is 0 Å². The summed E-state index contributed by atoms with van der Waals surface area (Å²) in [7, 11) is 0. The standard InChI is InChI=1S/C33H37N7O3S/c41-44(42)39-26-7-5-24(6-8-26)11-15-36-33-29-10-9-27(21-32(29)37-23-38-33)43-22-25-13-18-40(19-14-25)20-17-35-31-12-16-34-30-4-2-1-3-28(30)31/h1-10,12,16,21,23,25,39H,11,13-15,17-20,22H2,(H,34,35)(H,41,42)(H,36,37,38). The summed E-state index contributed by atoms with van der Waals surface area (Å²) in [5, 5.41) is 9.13. The molecule has 1 fully saturated rings. The molecule has 1 aliphatic rings. The first kappa shape index (κ1) is 29.7. The molecular formula is C33H37N7O3S. The van der Waals surface area contributed by atoms with E-state index in [9.17, 15) is 4.21 Å². The minimum Gasteiger partial charge on any atom is -0.493 e. The number of fused-ring (bicyclic) bond motifs is 2. The van der Waals surface area contributed by atoms with Gasteiger partial charge in [0.1, 0.15) is 17.9 Å². The first-order valence-electron chi connectivity index (χ1n) is 15.0. The van der Waals surface area contributed by atoms with Crippen molar-refractivity contribution in [2.45, 2.75) is 19.3 Å². The molecule has 1 aliphatic heterocycles. The van der Waals surface area contributed by atoms with E-state index in [0.717, 1.165) is 90.1 Å². The summed E-state index contributed by atoms with van der Waals surface area (Å²) in [5.41, 5.74) is 4.72. The molecule has 0 saturated carbocycles. The molecule has 44 heavy (non-hydrogen) atoms. The third kappa shape index (κ3) is 7.79. The number of aromatic nitrogens is 3. The lowest BCUT2D eigenvalue weighted by atomic mass is 9.98. The number of anilines is 3. The zero-order chi connectivity index (χ0) is 30.1. The molecule has 6 rings (SSSR count). The van der Waals surface area contributed by atoms with Crippen molar-refractivity contribution in [3.05, 3.63) is 90.9 Å². The maximum absolute atomic E-state index is 10.9. The van der Waals surface area contributed by atoms with E-state index in [-0.39, 0.29) is 0 Å². The SMILES string of the molecule is O=S(O)Nc1ccc(CCNc2ncnc3cc(OCC4CCN(CCNc5ccnc6ccccc56)CC4)ccc23)cc1. The molecule has 10 nitrogen and oxygen atoms in total. The number of hydrogen-bond acceptors (Lipinski definition) is 8. The molecule has 0 radical (unpaired) electrons. The second-order valence-electron chi connectivity index (χ2n) is 11.0. The first-order chi connectivity index (χ1) is 21.6. The van der Waals surface area contributed by atoms with Crippen LogP contribution in [0.15, 0.2) is 85.3 Å². The van der Waals surface area contributed by atoms with Gasteiger partial charge in [-0.2, -0.15) is 0 Å². The van der Waals surface area contributed by atoms with Crippen molar-refractivity contribution in [2.24, 2.45) is 5.92 Å². The van der Waals surface area contributed by atoms with Crippen molar-refractivity contribution in [3.8, 4) is 5.75 Å². The van der Waals surface area contributed by atoms with Crippen molar-refractivity contribution in [2.75, 3.05) is 54.7 Å². The zero-order valence-corrected chi connectivity index (χ0v) is 25.3. The van der Waals surface area contributed by atoms with Gasteiger partial charge in [0.15, 0.2) is 0 Å². The maximum Gasteiger partial charge on any atom is 0.259 e. The highest BCUT2D eigenvalue weighted by Gasteiger charge is 2.20. The number of rotatable bonds is 13. The highest BCUT2D eigenvalue weighted by molar-refractivity contribution is 7.80. The molecule has 1 saturated heterocycles. The van der Waals surface area contributed by atoms with Gasteiger partial charge in [-0.25, -0.2) is 14.2 Å². The van der Waals surface area contributed by atoms with Gasteiger partial charge in [-0.15, -0.1) is 0 Å². The van der Waals surface area contributed by atoms with E-state index in [1.807, 2.05) is 48.7 Å². The fourth-order valence-corrected chi connectivity index (χ4v) is 5.96. The van der Waals surface area contributed by atoms with Crippen LogP contribution in [0, 0.1) is 5.92 Å². The Labute approximate surface area is 259 Å². The molecule has 0 aliphatic carbocycles. The van der Waals surface area contributed by atoms with Crippen LogP contribution in [-0.2, 0) is 17.7 Å². The Morgan fingerprint density at radius 2 is 1.73 bits per heavy atom. The second-order valence-corrected chi connectivity index (χ2v) is 11.7. The van der Waals surface area contributed by atoms with Crippen molar-refractivity contribution < 1.29 is 13.5 Å². The predicted molar refractivity (Wildman–Crippen MR) is 177 cm³/mol. The Balaban J connectivity index is 0.935. The van der Waals surface area contributed by atoms with Crippen molar-refractivity contribution in [1.29, 1.82) is 0 Å². The molecular weight excluding hydrogens is 574 g/mol. The summed E-state index contributed by atoms with van der Waals surface area (Å²) < 4.78 is 28.5. The molecule has 2 aromatic heterocycles. The summed E-state index contributed by atoms with van der Waals surface area (Å²) in [6.07, 6.45) is 6.48. The number of pyridine rings is 1. The van der Waals surface area contributed by atoms with E-state index >= 15 is 0 Å². The predicted octanol–water partition coefficient (Wildman–Crippen LogP) is 5.58. The average Bonchev–Trinajstić information content (AvgIpc) is 3.05. The van der Waals surface area contributed by atoms with Crippen LogP contribution in [0.3, 0.4) is 0 Å². The third-order valence-electron chi connectivity index (χ3n) is 8.06. The maximum atomic E-state index is 10.9. The summed E-state index contributed by atoms with van der Waals surface area (Å²) in [5.74, 6) is 2.16. The minimum absolute atomic E-state index is 0.539. The number of para-hydroxylation sites is 1. The Hall–Kier alpha value is -4.32. The quantitative estimate of drug-likeness (QED) is 0.126. The van der Waals surface area contributed by atoms with Crippen LogP contribution in [0.4, 0.5) is 17.2 Å². The number of ether oxygens (including phenoxy) is 1. The normalized spacial score (nSPS) is 14.8. The van der Waals surface area contributed by atoms with Crippen LogP contribution < -0.4 is 20.1 Å². The van der Waals surface area contributed by atoms with Crippen molar-refractivity contribution in [1.82, 2.24) is 19.9 Å². The molecule has 3 heterocycles. The van der Waals surface area contributed by atoms with E-state index < -0.39 is 11.3 Å². The average molecular weight is 612 g/mol. The van der Waals surface area contributed by atoms with E-state index in [2.05, 4.69) is 53.4 Å². The summed E-state index contributed by atoms with van der Waals surface area (Å²) in [6.45, 7) is 5.49. The van der Waals surface area contributed by atoms with Gasteiger partial charge < -0.3 is 20.3 Å². The highest BCUT2D eigenvalue weighted by atomic mass is 32.2. The number of nitrogens with one attached hydrogen (secondary N) is 3. The Kier molecular flexibility index (Phi) is 9.76. The van der Waals surface area contributed by atoms with Crippen LogP contribution in [0.1, 0.15) is 18.4 Å². The van der Waals surface area contributed by atoms with Crippen LogP contribution in [-0.4, -0.2) is 67.9 Å². The fraction of sp³-hybridized carbons (Fsp3) is 0.303. The van der Waals surface area contributed by atoms with Crippen LogP contribution >= 0.6 is 0 Å². The van der Waals surface area contributed by atoms with Crippen molar-refractivity contribution >= 4 is 50.3 Å². The minimum atomic E-state index is -2.07. The molecule has 4 N–H and O–H groups in total. The molecule has 0 bridgehead atoms. The Bertz CT molecular complexity index is 1710. The van der Waals surface area contributed by atoms with E-state index in [0.29, 0.717) is 24.8 Å². The van der Waals surface area contributed by atoms with Gasteiger partial charge in [-0.3, -0.25) is 14.3 Å². The topological polar surface area (TPSA) is 125 Å². The second kappa shape index (κ2) is 14.4. The van der Waals surface area contributed by atoms with Crippen LogP contribution in [0.5, 0.6) is 5.75 Å². The lowest BCUT2D eigenvalue weighted by molar-refractivity contribution is 0.145. The van der Waals surface area contributed by atoms with Crippen molar-refractivity contribution in [3.63, 3.8) is 0 Å². The van der Waals surface area contributed by atoms with Gasteiger partial charge in [0.2, 0.25) is 0 Å². The van der Waals surface area contributed by atoms with E-state index in [4.69, 9.17) is 9.29 Å². The number of likely N-dealkylation sites (tertiary alicyclic amines) is 1. The molecule has 3 aromatic carbocycles. The number of piperidine rings is 1. The number of benzene rings is 3. The van der Waals surface area contributed by atoms with Gasteiger partial charge in [-0.05, 0) is 80.2 Å². The van der Waals surface area contributed by atoms with Gasteiger partial charge in [0, 0.05) is 54.0 Å². The number of nitrogens with zero attached hydrogens (tertiary/aromatic N) is 4. The number of hydrogen-bond donors (Lipinski definition) is 4. The Morgan fingerprint density at radius 1 is 0.886 bits per heavy atom. The van der Waals surface area contributed by atoms with Gasteiger partial charge in [0.25, 0.3) is 11.3 Å². The molecule has 0 amide bonds. The zero-order valence-electron chi connectivity index (χ0n) is 24.5. The monoisotopic (exact) mass is 611 g/mol. The van der Waals surface area contributed by atoms with Crippen LogP contribution in [0.25, 0.3) is 21.8 Å². The summed E-state index contributed by atoms with van der Waals surface area (Å²) >= 11 is -2.07. The summed E-state index contributed by atoms with van der Waals surface area (Å²) in [6, 6.07) is 23.7. The summed E-state index contributed by atoms with van der Waals surface area (Å²) in [4.78, 5) is 15.9.